The predicted octanol–water partition coefficient (Wildman–Crippen LogP) is 2.34. The van der Waals surface area contributed by atoms with Crippen LogP contribution in [0.5, 0.6) is 5.75 Å². The lowest BCUT2D eigenvalue weighted by molar-refractivity contribution is -0.0280. The van der Waals surface area contributed by atoms with Crippen molar-refractivity contribution < 1.29 is 38.0 Å². The minimum atomic E-state index is -0.765. The Morgan fingerprint density at radius 2 is 1.74 bits per heavy atom. The van der Waals surface area contributed by atoms with E-state index in [1.54, 1.807) is 7.11 Å². The molecule has 2 aliphatic heterocycles. The third-order valence-corrected chi connectivity index (χ3v) is 4.53. The third-order valence-electron chi connectivity index (χ3n) is 4.53. The zero-order valence-corrected chi connectivity index (χ0v) is 15.4. The lowest BCUT2D eigenvalue weighted by Crippen LogP contribution is -2.34. The van der Waals surface area contributed by atoms with E-state index in [0.717, 1.165) is 12.8 Å². The topological polar surface area (TPSA) is 89.5 Å². The molecular weight excluding hydrogens is 356 g/mol. The van der Waals surface area contributed by atoms with Crippen LogP contribution >= 0.6 is 0 Å². The highest BCUT2D eigenvalue weighted by Gasteiger charge is 2.49. The first-order valence-corrected chi connectivity index (χ1v) is 9.04. The van der Waals surface area contributed by atoms with Gasteiger partial charge in [-0.05, 0) is 30.7 Å². The monoisotopic (exact) mass is 380 g/mol. The van der Waals surface area contributed by atoms with Crippen LogP contribution in [0.3, 0.4) is 0 Å². The van der Waals surface area contributed by atoms with E-state index >= 15 is 0 Å². The quantitative estimate of drug-likeness (QED) is 0.405. The number of hydrogen-bond donors (Lipinski definition) is 0. The van der Waals surface area contributed by atoms with Gasteiger partial charge in [-0.2, -0.15) is 0 Å². The standard InChI is InChI=1S/C19H24O8/c1-3-4-9-23-19(21)26-13-7-5-12(6-8-13)18(20)27-15-11-25-16-14(22-2)10-24-17(15)16/h5-8,14-17H,3-4,9-11H2,1-2H3/t14-,15-,16?,17?/m0/s1. The number of fused-ring (bicyclic) bond motifs is 1. The van der Waals surface area contributed by atoms with E-state index in [2.05, 4.69) is 0 Å². The summed E-state index contributed by atoms with van der Waals surface area (Å²) in [6.07, 6.45) is -0.226. The molecule has 1 aromatic rings. The normalized spacial score (nSPS) is 26.4. The fourth-order valence-electron chi connectivity index (χ4n) is 3.02. The van der Waals surface area contributed by atoms with Gasteiger partial charge in [0.05, 0.1) is 25.4 Å². The van der Waals surface area contributed by atoms with Crippen molar-refractivity contribution in [1.29, 1.82) is 0 Å². The van der Waals surface area contributed by atoms with Crippen LogP contribution in [0.1, 0.15) is 30.1 Å². The predicted molar refractivity (Wildman–Crippen MR) is 92.8 cm³/mol. The Kier molecular flexibility index (Phi) is 6.65. The van der Waals surface area contributed by atoms with E-state index in [-0.39, 0.29) is 24.9 Å². The average molecular weight is 380 g/mol. The molecule has 8 heteroatoms. The summed E-state index contributed by atoms with van der Waals surface area (Å²) < 4.78 is 32.0. The number of carbonyl (C=O) groups excluding carboxylic acids is 2. The molecule has 3 rings (SSSR count). The Morgan fingerprint density at radius 3 is 2.41 bits per heavy atom. The zero-order chi connectivity index (χ0) is 19.2. The first-order chi connectivity index (χ1) is 13.1. The summed E-state index contributed by atoms with van der Waals surface area (Å²) in [5, 5.41) is 0. The van der Waals surface area contributed by atoms with Gasteiger partial charge in [-0.15, -0.1) is 0 Å². The van der Waals surface area contributed by atoms with Crippen molar-refractivity contribution >= 4 is 12.1 Å². The van der Waals surface area contributed by atoms with Gasteiger partial charge in [0.25, 0.3) is 0 Å². The largest absolute Gasteiger partial charge is 0.513 e. The van der Waals surface area contributed by atoms with Gasteiger partial charge < -0.3 is 28.4 Å². The molecule has 0 saturated carbocycles. The van der Waals surface area contributed by atoms with Gasteiger partial charge >= 0.3 is 12.1 Å². The SMILES string of the molecule is CCCCOC(=O)Oc1ccc(C(=O)O[C@H]2COC3C2OC[C@@H]3OC)cc1. The van der Waals surface area contributed by atoms with Gasteiger partial charge in [-0.1, -0.05) is 13.3 Å². The third kappa shape index (κ3) is 4.77. The van der Waals surface area contributed by atoms with Crippen LogP contribution in [0, 0.1) is 0 Å². The van der Waals surface area contributed by atoms with E-state index in [1.807, 2.05) is 6.92 Å². The van der Waals surface area contributed by atoms with Crippen LogP contribution < -0.4 is 4.74 Å². The summed E-state index contributed by atoms with van der Waals surface area (Å²) >= 11 is 0. The molecule has 0 aromatic heterocycles. The summed E-state index contributed by atoms with van der Waals surface area (Å²) in [6, 6.07) is 6.08. The summed E-state index contributed by atoms with van der Waals surface area (Å²) in [6.45, 7) is 3.00. The molecule has 148 valence electrons. The number of esters is 1. The smallest absolute Gasteiger partial charge is 0.453 e. The van der Waals surface area contributed by atoms with Gasteiger partial charge in [0.2, 0.25) is 0 Å². The Bertz CT molecular complexity index is 644. The van der Waals surface area contributed by atoms with Gasteiger partial charge in [0, 0.05) is 7.11 Å². The minimum Gasteiger partial charge on any atom is -0.453 e. The number of unbranched alkanes of at least 4 members (excludes halogenated alkanes) is 1. The van der Waals surface area contributed by atoms with Crippen molar-refractivity contribution in [2.45, 2.75) is 44.2 Å². The Hall–Kier alpha value is -2.16. The number of rotatable bonds is 7. The van der Waals surface area contributed by atoms with Gasteiger partial charge in [-0.25, -0.2) is 9.59 Å². The van der Waals surface area contributed by atoms with Crippen LogP contribution in [0.25, 0.3) is 0 Å². The molecule has 27 heavy (non-hydrogen) atoms. The molecule has 0 radical (unpaired) electrons. The Morgan fingerprint density at radius 1 is 1.07 bits per heavy atom. The van der Waals surface area contributed by atoms with E-state index in [1.165, 1.54) is 24.3 Å². The first kappa shape index (κ1) is 19.6. The molecule has 0 N–H and O–H groups in total. The van der Waals surface area contributed by atoms with E-state index < -0.39 is 18.2 Å². The van der Waals surface area contributed by atoms with Crippen LogP contribution in [-0.2, 0) is 23.7 Å². The van der Waals surface area contributed by atoms with E-state index in [9.17, 15) is 9.59 Å². The molecule has 8 nitrogen and oxygen atoms in total. The summed E-state index contributed by atoms with van der Waals surface area (Å²) in [5.74, 6) is -0.204. The van der Waals surface area contributed by atoms with Gasteiger partial charge in [0.15, 0.2) is 6.10 Å². The van der Waals surface area contributed by atoms with Crippen molar-refractivity contribution in [2.24, 2.45) is 0 Å². The molecule has 2 saturated heterocycles. The number of hydrogen-bond acceptors (Lipinski definition) is 8. The van der Waals surface area contributed by atoms with Crippen molar-refractivity contribution in [2.75, 3.05) is 26.9 Å². The Labute approximate surface area is 157 Å². The van der Waals surface area contributed by atoms with E-state index in [4.69, 9.17) is 28.4 Å². The van der Waals surface area contributed by atoms with Crippen molar-refractivity contribution in [3.05, 3.63) is 29.8 Å². The second-order valence-corrected chi connectivity index (χ2v) is 6.39. The summed E-state index contributed by atoms with van der Waals surface area (Å²) in [5.41, 5.74) is 0.339. The molecule has 2 fully saturated rings. The van der Waals surface area contributed by atoms with Crippen LogP contribution in [-0.4, -0.2) is 63.5 Å². The average Bonchev–Trinajstić information content (AvgIpc) is 3.25. The van der Waals surface area contributed by atoms with Crippen molar-refractivity contribution in [3.8, 4) is 5.75 Å². The maximum absolute atomic E-state index is 12.4. The molecule has 2 aliphatic rings. The second kappa shape index (κ2) is 9.16. The molecule has 0 amide bonds. The molecule has 2 heterocycles. The minimum absolute atomic E-state index is 0.146. The number of ether oxygens (including phenoxy) is 6. The highest BCUT2D eigenvalue weighted by Crippen LogP contribution is 2.30. The van der Waals surface area contributed by atoms with Gasteiger partial charge in [0.1, 0.15) is 24.1 Å². The molecule has 1 aromatic carbocycles. The maximum Gasteiger partial charge on any atom is 0.513 e. The second-order valence-electron chi connectivity index (χ2n) is 6.39. The number of carbonyl (C=O) groups is 2. The van der Waals surface area contributed by atoms with Crippen LogP contribution in [0.15, 0.2) is 24.3 Å². The number of benzene rings is 1. The lowest BCUT2D eigenvalue weighted by atomic mass is 10.1. The van der Waals surface area contributed by atoms with E-state index in [0.29, 0.717) is 24.5 Å². The van der Waals surface area contributed by atoms with Crippen LogP contribution in [0.4, 0.5) is 4.79 Å². The lowest BCUT2D eigenvalue weighted by Gasteiger charge is -2.16. The van der Waals surface area contributed by atoms with Gasteiger partial charge in [-0.3, -0.25) is 0 Å². The molecule has 0 spiro atoms. The summed E-state index contributed by atoms with van der Waals surface area (Å²) in [7, 11) is 1.60. The molecule has 0 bridgehead atoms. The highest BCUT2D eigenvalue weighted by atomic mass is 16.7. The molecular formula is C19H24O8. The molecule has 0 aliphatic carbocycles. The van der Waals surface area contributed by atoms with Crippen molar-refractivity contribution in [3.63, 3.8) is 0 Å². The van der Waals surface area contributed by atoms with Crippen molar-refractivity contribution in [1.82, 2.24) is 0 Å². The maximum atomic E-state index is 12.4. The van der Waals surface area contributed by atoms with Crippen LogP contribution in [0.2, 0.25) is 0 Å². The fraction of sp³-hybridized carbons (Fsp3) is 0.579. The molecule has 2 unspecified atom stereocenters. The zero-order valence-electron chi connectivity index (χ0n) is 15.4. The summed E-state index contributed by atoms with van der Waals surface area (Å²) in [4.78, 5) is 23.9. The molecule has 4 atom stereocenters. The highest BCUT2D eigenvalue weighted by molar-refractivity contribution is 5.89. The number of methoxy groups -OCH3 is 1. The first-order valence-electron chi connectivity index (χ1n) is 9.04. The Balaban J connectivity index is 1.50. The fourth-order valence-corrected chi connectivity index (χ4v) is 3.02.